The van der Waals surface area contributed by atoms with Gasteiger partial charge in [0.15, 0.2) is 0 Å². The number of rotatable bonds is 9. The van der Waals surface area contributed by atoms with Gasteiger partial charge in [-0.25, -0.2) is 9.59 Å². The smallest absolute Gasteiger partial charge is 0.480 e. The molecule has 190 valence electrons. The second kappa shape index (κ2) is 13.5. The number of hydrogen-bond donors (Lipinski definition) is 3. The molecule has 12 heteroatoms. The largest absolute Gasteiger partial charge is 0.490 e. The summed E-state index contributed by atoms with van der Waals surface area (Å²) in [7, 11) is 0. The van der Waals surface area contributed by atoms with Crippen molar-refractivity contribution in [2.24, 2.45) is 0 Å². The van der Waals surface area contributed by atoms with Crippen molar-refractivity contribution in [3.63, 3.8) is 0 Å². The van der Waals surface area contributed by atoms with E-state index in [1.807, 2.05) is 30.3 Å². The lowest BCUT2D eigenvalue weighted by Gasteiger charge is -2.27. The molecule has 0 spiro atoms. The van der Waals surface area contributed by atoms with Gasteiger partial charge in [-0.1, -0.05) is 30.3 Å². The summed E-state index contributed by atoms with van der Waals surface area (Å²) in [5, 5.41) is 19.5. The van der Waals surface area contributed by atoms with Gasteiger partial charge in [0.1, 0.15) is 12.1 Å². The number of carboxylic acids is 2. The number of nitrogens with zero attached hydrogens (tertiary/aromatic N) is 1. The molecule has 0 aliphatic carbocycles. The topological polar surface area (TPSA) is 133 Å². The second-order valence-electron chi connectivity index (χ2n) is 7.55. The maximum absolute atomic E-state index is 12.7. The standard InChI is InChI=1S/C20H28N2O5.C2HF3O2/c1-3-27-20(26)16(12-11-15-8-5-4-6-9-15)21-14(2)18(23)22-13-7-10-17(22)19(24)25;3-2(4,5)1(6)7/h4-6,8-9,14,16-17,21H,3,7,10-13H2,1-2H3,(H,24,25);(H,6,7)/t14-,16-,17-;/m0./s1. The predicted molar refractivity (Wildman–Crippen MR) is 114 cm³/mol. The first-order chi connectivity index (χ1) is 15.9. The highest BCUT2D eigenvalue weighted by atomic mass is 19.4. The summed E-state index contributed by atoms with van der Waals surface area (Å²) in [6, 6.07) is 7.69. The highest BCUT2D eigenvalue weighted by Gasteiger charge is 2.38. The van der Waals surface area contributed by atoms with Crippen LogP contribution in [-0.4, -0.2) is 76.4 Å². The number of hydrogen-bond acceptors (Lipinski definition) is 6. The number of aryl methyl sites for hydroxylation is 1. The molecule has 3 N–H and O–H groups in total. The van der Waals surface area contributed by atoms with Crippen LogP contribution in [0.2, 0.25) is 0 Å². The van der Waals surface area contributed by atoms with Gasteiger partial charge in [-0.05, 0) is 45.1 Å². The van der Waals surface area contributed by atoms with Gasteiger partial charge >= 0.3 is 24.1 Å². The first-order valence-electron chi connectivity index (χ1n) is 10.7. The van der Waals surface area contributed by atoms with Crippen LogP contribution in [-0.2, 0) is 30.3 Å². The van der Waals surface area contributed by atoms with Gasteiger partial charge in [-0.2, -0.15) is 13.2 Å². The first-order valence-corrected chi connectivity index (χ1v) is 10.7. The van der Waals surface area contributed by atoms with E-state index < -0.39 is 42.2 Å². The van der Waals surface area contributed by atoms with Crippen molar-refractivity contribution < 1.29 is 47.3 Å². The molecule has 3 atom stereocenters. The van der Waals surface area contributed by atoms with Crippen LogP contribution >= 0.6 is 0 Å². The van der Waals surface area contributed by atoms with Crippen molar-refractivity contribution in [2.75, 3.05) is 13.2 Å². The molecule has 9 nitrogen and oxygen atoms in total. The van der Waals surface area contributed by atoms with Crippen molar-refractivity contribution in [2.45, 2.75) is 63.8 Å². The molecule has 1 aliphatic heterocycles. The summed E-state index contributed by atoms with van der Waals surface area (Å²) >= 11 is 0. The van der Waals surface area contributed by atoms with E-state index in [1.165, 1.54) is 4.90 Å². The normalized spacial score (nSPS) is 17.2. The summed E-state index contributed by atoms with van der Waals surface area (Å²) in [4.78, 5) is 46.6. The number of amides is 1. The molecule has 1 aromatic carbocycles. The molecule has 34 heavy (non-hydrogen) atoms. The van der Waals surface area contributed by atoms with Crippen LogP contribution < -0.4 is 5.32 Å². The number of halogens is 3. The Balaban J connectivity index is 0.000000718. The van der Waals surface area contributed by atoms with Gasteiger partial charge in [-0.15, -0.1) is 0 Å². The molecule has 0 bridgehead atoms. The number of carboxylic acid groups (broad SMARTS) is 2. The Hall–Kier alpha value is -3.15. The number of carbonyl (C=O) groups is 4. The maximum Gasteiger partial charge on any atom is 0.490 e. The number of esters is 1. The van der Waals surface area contributed by atoms with Crippen molar-refractivity contribution in [3.8, 4) is 0 Å². The second-order valence-corrected chi connectivity index (χ2v) is 7.55. The third-order valence-corrected chi connectivity index (χ3v) is 5.02. The Bertz CT molecular complexity index is 834. The van der Waals surface area contributed by atoms with Gasteiger partial charge in [0, 0.05) is 6.54 Å². The number of alkyl halides is 3. The average Bonchev–Trinajstić information content (AvgIpc) is 3.27. The minimum absolute atomic E-state index is 0.262. The minimum atomic E-state index is -5.08. The quantitative estimate of drug-likeness (QED) is 0.449. The van der Waals surface area contributed by atoms with Crippen LogP contribution in [0.4, 0.5) is 13.2 Å². The summed E-state index contributed by atoms with van der Waals surface area (Å²) in [6.45, 7) is 4.09. The van der Waals surface area contributed by atoms with Gasteiger partial charge in [0.25, 0.3) is 0 Å². The molecule has 1 heterocycles. The molecular weight excluding hydrogens is 461 g/mol. The van der Waals surface area contributed by atoms with Crippen molar-refractivity contribution in [1.29, 1.82) is 0 Å². The molecule has 1 fully saturated rings. The van der Waals surface area contributed by atoms with Crippen molar-refractivity contribution >= 4 is 23.8 Å². The van der Waals surface area contributed by atoms with E-state index in [9.17, 15) is 32.7 Å². The van der Waals surface area contributed by atoms with Gasteiger partial charge in [0.2, 0.25) is 5.91 Å². The maximum atomic E-state index is 12.7. The van der Waals surface area contributed by atoms with E-state index in [0.29, 0.717) is 32.2 Å². The summed E-state index contributed by atoms with van der Waals surface area (Å²) in [5.74, 6) is -4.44. The van der Waals surface area contributed by atoms with Gasteiger partial charge < -0.3 is 19.8 Å². The summed E-state index contributed by atoms with van der Waals surface area (Å²) in [6.07, 6.45) is -2.80. The van der Waals surface area contributed by atoms with E-state index >= 15 is 0 Å². The van der Waals surface area contributed by atoms with E-state index in [4.69, 9.17) is 14.6 Å². The first kappa shape index (κ1) is 28.9. The number of nitrogens with one attached hydrogen (secondary N) is 1. The molecule has 0 radical (unpaired) electrons. The Kier molecular flexibility index (Phi) is 11.5. The molecule has 1 amide bonds. The lowest BCUT2D eigenvalue weighted by molar-refractivity contribution is -0.192. The molecule has 1 aliphatic rings. The van der Waals surface area contributed by atoms with Crippen LogP contribution in [0.3, 0.4) is 0 Å². The molecular formula is C22H29F3N2O7. The van der Waals surface area contributed by atoms with Crippen molar-refractivity contribution in [3.05, 3.63) is 35.9 Å². The lowest BCUT2D eigenvalue weighted by Crippen LogP contribution is -2.53. The predicted octanol–water partition coefficient (Wildman–Crippen LogP) is 2.24. The SMILES string of the molecule is CCOC(=O)[C@H](CCc1ccccc1)N[C@@H](C)C(=O)N1CCC[C@H]1C(=O)O.O=C(O)C(F)(F)F. The van der Waals surface area contributed by atoms with Crippen LogP contribution in [0.1, 0.15) is 38.7 Å². The zero-order chi connectivity index (χ0) is 25.9. The molecule has 0 saturated carbocycles. The van der Waals surface area contributed by atoms with Gasteiger partial charge in [-0.3, -0.25) is 14.9 Å². The fourth-order valence-electron chi connectivity index (χ4n) is 3.38. The zero-order valence-electron chi connectivity index (χ0n) is 18.9. The Morgan fingerprint density at radius 3 is 2.26 bits per heavy atom. The molecule has 1 saturated heterocycles. The molecule has 0 aromatic heterocycles. The Labute approximate surface area is 194 Å². The summed E-state index contributed by atoms with van der Waals surface area (Å²) in [5.41, 5.74) is 1.10. The van der Waals surface area contributed by atoms with Crippen LogP contribution in [0.25, 0.3) is 0 Å². The third-order valence-electron chi connectivity index (χ3n) is 5.02. The average molecular weight is 490 g/mol. The van der Waals surface area contributed by atoms with Crippen molar-refractivity contribution in [1.82, 2.24) is 10.2 Å². The van der Waals surface area contributed by atoms with Crippen LogP contribution in [0.5, 0.6) is 0 Å². The Morgan fingerprint density at radius 1 is 1.18 bits per heavy atom. The monoisotopic (exact) mass is 490 g/mol. The van der Waals surface area contributed by atoms with E-state index in [2.05, 4.69) is 5.32 Å². The molecule has 0 unspecified atom stereocenters. The van der Waals surface area contributed by atoms with E-state index in [1.54, 1.807) is 13.8 Å². The van der Waals surface area contributed by atoms with E-state index in [-0.39, 0.29) is 12.5 Å². The fourth-order valence-corrected chi connectivity index (χ4v) is 3.38. The number of carbonyl (C=O) groups excluding carboxylic acids is 2. The van der Waals surface area contributed by atoms with E-state index in [0.717, 1.165) is 5.56 Å². The molecule has 1 aromatic rings. The summed E-state index contributed by atoms with van der Waals surface area (Å²) < 4.78 is 36.9. The number of likely N-dealkylation sites (tertiary alicyclic amines) is 1. The number of ether oxygens (including phenoxy) is 1. The van der Waals surface area contributed by atoms with Crippen LogP contribution in [0.15, 0.2) is 30.3 Å². The highest BCUT2D eigenvalue weighted by molar-refractivity contribution is 5.88. The minimum Gasteiger partial charge on any atom is -0.480 e. The lowest BCUT2D eigenvalue weighted by atomic mass is 10.0. The zero-order valence-corrected chi connectivity index (χ0v) is 18.9. The van der Waals surface area contributed by atoms with Crippen LogP contribution in [0, 0.1) is 0 Å². The Morgan fingerprint density at radius 2 is 1.76 bits per heavy atom. The van der Waals surface area contributed by atoms with Gasteiger partial charge in [0.05, 0.1) is 12.6 Å². The third kappa shape index (κ3) is 9.38. The fraction of sp³-hybridized carbons (Fsp3) is 0.545. The highest BCUT2D eigenvalue weighted by Crippen LogP contribution is 2.19. The number of benzene rings is 1. The molecule has 2 rings (SSSR count). The number of aliphatic carboxylic acids is 2.